The van der Waals surface area contributed by atoms with E-state index >= 15 is 0 Å². The van der Waals surface area contributed by atoms with Crippen LogP contribution in [-0.4, -0.2) is 50.4 Å². The van der Waals surface area contributed by atoms with Gasteiger partial charge in [-0.3, -0.25) is 9.88 Å². The fourth-order valence-corrected chi connectivity index (χ4v) is 4.69. The first-order valence-electron chi connectivity index (χ1n) is 10.7. The van der Waals surface area contributed by atoms with E-state index in [1.807, 2.05) is 26.0 Å². The third-order valence-electron chi connectivity index (χ3n) is 6.07. The van der Waals surface area contributed by atoms with Gasteiger partial charge in [-0.1, -0.05) is 19.0 Å². The van der Waals surface area contributed by atoms with E-state index in [2.05, 4.69) is 33.9 Å². The van der Waals surface area contributed by atoms with Crippen LogP contribution in [0.4, 0.5) is 0 Å². The second-order valence-electron chi connectivity index (χ2n) is 9.15. The van der Waals surface area contributed by atoms with Crippen molar-refractivity contribution in [3.05, 3.63) is 35.2 Å². The number of aromatic nitrogens is 3. The molecule has 7 nitrogen and oxygen atoms in total. The van der Waals surface area contributed by atoms with Crippen molar-refractivity contribution in [2.24, 2.45) is 17.8 Å². The van der Waals surface area contributed by atoms with Crippen LogP contribution in [0.15, 0.2) is 16.7 Å². The molecule has 3 heterocycles. The zero-order valence-electron chi connectivity index (χ0n) is 17.8. The van der Waals surface area contributed by atoms with E-state index in [1.165, 1.54) is 0 Å². The highest BCUT2D eigenvalue weighted by molar-refractivity contribution is 5.28. The lowest BCUT2D eigenvalue weighted by Crippen LogP contribution is -2.42. The Morgan fingerprint density at radius 2 is 1.93 bits per heavy atom. The maximum atomic E-state index is 10.7. The number of aliphatic hydroxyl groups is 1. The van der Waals surface area contributed by atoms with E-state index in [4.69, 9.17) is 9.26 Å². The monoisotopic (exact) mass is 400 g/mol. The lowest BCUT2D eigenvalue weighted by Gasteiger charge is -2.35. The molecule has 1 aliphatic heterocycles. The normalized spacial score (nSPS) is 27.4. The maximum Gasteiger partial charge on any atom is 0.226 e. The van der Waals surface area contributed by atoms with Gasteiger partial charge in [0.1, 0.15) is 11.9 Å². The Morgan fingerprint density at radius 1 is 1.17 bits per heavy atom. The predicted molar refractivity (Wildman–Crippen MR) is 108 cm³/mol. The van der Waals surface area contributed by atoms with Gasteiger partial charge in [0.2, 0.25) is 5.89 Å². The number of hydrogen-bond acceptors (Lipinski definition) is 7. The molecule has 0 bridgehead atoms. The van der Waals surface area contributed by atoms with Gasteiger partial charge in [-0.05, 0) is 56.6 Å². The molecule has 0 radical (unpaired) electrons. The highest BCUT2D eigenvalue weighted by Gasteiger charge is 2.43. The molecule has 0 spiro atoms. The summed E-state index contributed by atoms with van der Waals surface area (Å²) in [6.07, 6.45) is 1.83. The molecule has 29 heavy (non-hydrogen) atoms. The Hall–Kier alpha value is -1.99. The minimum absolute atomic E-state index is 0.178. The third-order valence-corrected chi connectivity index (χ3v) is 6.07. The number of pyridine rings is 1. The lowest BCUT2D eigenvalue weighted by atomic mass is 9.78. The smallest absolute Gasteiger partial charge is 0.226 e. The summed E-state index contributed by atoms with van der Waals surface area (Å²) in [5.74, 6) is 3.76. The summed E-state index contributed by atoms with van der Waals surface area (Å²) in [5.41, 5.74) is 1.85. The van der Waals surface area contributed by atoms with Gasteiger partial charge in [0.05, 0.1) is 18.3 Å². The second-order valence-corrected chi connectivity index (χ2v) is 9.15. The molecule has 158 valence electrons. The average molecular weight is 401 g/mol. The van der Waals surface area contributed by atoms with Crippen molar-refractivity contribution in [2.75, 3.05) is 13.1 Å². The van der Waals surface area contributed by atoms with Gasteiger partial charge in [-0.25, -0.2) is 0 Å². The van der Waals surface area contributed by atoms with Crippen LogP contribution in [0, 0.1) is 31.6 Å². The first-order chi connectivity index (χ1) is 13.9. The Kier molecular flexibility index (Phi) is 5.88. The van der Waals surface area contributed by atoms with Crippen molar-refractivity contribution in [3.8, 4) is 5.75 Å². The number of aliphatic hydroxyl groups excluding tert-OH is 1. The van der Waals surface area contributed by atoms with Gasteiger partial charge in [0, 0.05) is 25.2 Å². The molecule has 2 aromatic rings. The van der Waals surface area contributed by atoms with Gasteiger partial charge >= 0.3 is 0 Å². The topological polar surface area (TPSA) is 84.5 Å². The van der Waals surface area contributed by atoms with Gasteiger partial charge < -0.3 is 14.4 Å². The minimum atomic E-state index is -0.445. The number of fused-ring (bicyclic) bond motifs is 1. The zero-order chi connectivity index (χ0) is 20.5. The number of rotatable bonds is 6. The molecular weight excluding hydrogens is 368 g/mol. The molecule has 4 atom stereocenters. The van der Waals surface area contributed by atoms with Crippen molar-refractivity contribution in [1.82, 2.24) is 20.0 Å². The molecule has 1 aliphatic carbocycles. The molecule has 1 saturated heterocycles. The minimum Gasteiger partial charge on any atom is -0.486 e. The van der Waals surface area contributed by atoms with Crippen LogP contribution < -0.4 is 4.74 Å². The van der Waals surface area contributed by atoms with E-state index in [1.54, 1.807) is 0 Å². The molecule has 7 heteroatoms. The number of aryl methyl sites for hydroxylation is 2. The zero-order valence-corrected chi connectivity index (χ0v) is 17.8. The SMILES string of the molecule is Cc1ccc(O[C@@H]2C[C@@H]3CN(Cc4noc(CC(C)C)n4)C[C@@H]3C[C@H]2O)c(C)n1. The Labute approximate surface area is 172 Å². The van der Waals surface area contributed by atoms with E-state index in [-0.39, 0.29) is 6.10 Å². The standard InChI is InChI=1S/C22H32N4O3/c1-13(2)7-22-24-21(25-29-22)12-26-10-16-8-18(27)20(9-17(16)11-26)28-19-6-5-14(3)23-15(19)4/h5-6,13,16-18,20,27H,7-12H2,1-4H3/t16-,17+,18+,20+/m0/s1. The quantitative estimate of drug-likeness (QED) is 0.798. The Balaban J connectivity index is 1.35. The summed E-state index contributed by atoms with van der Waals surface area (Å²) in [6.45, 7) is 10.9. The van der Waals surface area contributed by atoms with Gasteiger partial charge in [0.15, 0.2) is 5.82 Å². The van der Waals surface area contributed by atoms with Crippen LogP contribution in [0.1, 0.15) is 49.8 Å². The summed E-state index contributed by atoms with van der Waals surface area (Å²) in [5, 5.41) is 14.8. The Morgan fingerprint density at radius 3 is 2.66 bits per heavy atom. The number of ether oxygens (including phenoxy) is 1. The van der Waals surface area contributed by atoms with E-state index in [0.29, 0.717) is 24.3 Å². The van der Waals surface area contributed by atoms with Crippen LogP contribution >= 0.6 is 0 Å². The summed E-state index contributed by atoms with van der Waals surface area (Å²) >= 11 is 0. The largest absolute Gasteiger partial charge is 0.486 e. The fourth-order valence-electron chi connectivity index (χ4n) is 4.69. The Bertz CT molecular complexity index is 837. The molecular formula is C22H32N4O3. The van der Waals surface area contributed by atoms with Crippen LogP contribution in [0.2, 0.25) is 0 Å². The summed E-state index contributed by atoms with van der Waals surface area (Å²) in [6, 6.07) is 3.92. The number of hydrogen-bond donors (Lipinski definition) is 1. The van der Waals surface area contributed by atoms with Crippen molar-refractivity contribution >= 4 is 0 Å². The van der Waals surface area contributed by atoms with Crippen LogP contribution in [0.5, 0.6) is 5.75 Å². The predicted octanol–water partition coefficient (Wildman–Crippen LogP) is 2.93. The maximum absolute atomic E-state index is 10.7. The molecule has 2 aliphatic rings. The van der Waals surface area contributed by atoms with Crippen molar-refractivity contribution in [2.45, 2.75) is 65.7 Å². The molecule has 2 aromatic heterocycles. The van der Waals surface area contributed by atoms with Gasteiger partial charge in [0.25, 0.3) is 0 Å². The molecule has 4 rings (SSSR count). The van der Waals surface area contributed by atoms with Crippen LogP contribution in [-0.2, 0) is 13.0 Å². The fraction of sp³-hybridized carbons (Fsp3) is 0.682. The summed E-state index contributed by atoms with van der Waals surface area (Å²) in [4.78, 5) is 11.4. The first-order valence-corrected chi connectivity index (χ1v) is 10.7. The average Bonchev–Trinajstić information content (AvgIpc) is 3.23. The summed E-state index contributed by atoms with van der Waals surface area (Å²) < 4.78 is 11.6. The third kappa shape index (κ3) is 4.78. The van der Waals surface area contributed by atoms with E-state index in [0.717, 1.165) is 61.2 Å². The highest BCUT2D eigenvalue weighted by atomic mass is 16.5. The van der Waals surface area contributed by atoms with Gasteiger partial charge in [-0.2, -0.15) is 4.98 Å². The molecule has 1 N–H and O–H groups in total. The highest BCUT2D eigenvalue weighted by Crippen LogP contribution is 2.38. The van der Waals surface area contributed by atoms with Crippen molar-refractivity contribution in [3.63, 3.8) is 0 Å². The molecule has 1 saturated carbocycles. The van der Waals surface area contributed by atoms with Crippen LogP contribution in [0.3, 0.4) is 0 Å². The number of likely N-dealkylation sites (tertiary alicyclic amines) is 1. The molecule has 0 aromatic carbocycles. The molecule has 0 amide bonds. The number of nitrogens with zero attached hydrogens (tertiary/aromatic N) is 4. The summed E-state index contributed by atoms with van der Waals surface area (Å²) in [7, 11) is 0. The first kappa shape index (κ1) is 20.3. The molecule has 2 fully saturated rings. The van der Waals surface area contributed by atoms with Crippen molar-refractivity contribution < 1.29 is 14.4 Å². The lowest BCUT2D eigenvalue weighted by molar-refractivity contribution is -0.0236. The van der Waals surface area contributed by atoms with Gasteiger partial charge in [-0.15, -0.1) is 0 Å². The molecule has 0 unspecified atom stereocenters. The second kappa shape index (κ2) is 8.40. The van der Waals surface area contributed by atoms with Crippen molar-refractivity contribution in [1.29, 1.82) is 0 Å². The van der Waals surface area contributed by atoms with Crippen LogP contribution in [0.25, 0.3) is 0 Å². The van der Waals surface area contributed by atoms with E-state index < -0.39 is 6.10 Å². The van der Waals surface area contributed by atoms with E-state index in [9.17, 15) is 5.11 Å².